The highest BCUT2D eigenvalue weighted by atomic mass is 35.5. The van der Waals surface area contributed by atoms with Crippen LogP contribution in [-0.2, 0) is 0 Å². The molecule has 0 aliphatic rings. The van der Waals surface area contributed by atoms with Crippen molar-refractivity contribution in [2.45, 2.75) is 6.92 Å². The van der Waals surface area contributed by atoms with Gasteiger partial charge in [0.2, 0.25) is 0 Å². The summed E-state index contributed by atoms with van der Waals surface area (Å²) in [6.07, 6.45) is 0. The third kappa shape index (κ3) is 4.51. The molecule has 23 heavy (non-hydrogen) atoms. The number of rotatable bonds is 3. The molecule has 7 heteroatoms. The zero-order valence-electron chi connectivity index (χ0n) is 12.1. The molecule has 5 nitrogen and oxygen atoms in total. The standard InChI is InChI=1S/C16H13ClN2O3S/c1-9-2-4-10(5-3-9)14(20)19-16(23)18-11-6-7-12(15(21)22)13(17)8-11/h2-8H,1H3,(H,21,22)(H2,18,19,20,23). The number of hydrogen-bond donors (Lipinski definition) is 3. The van der Waals surface area contributed by atoms with E-state index >= 15 is 0 Å². The Hall–Kier alpha value is -2.44. The second-order valence-electron chi connectivity index (χ2n) is 4.77. The average Bonchev–Trinajstić information content (AvgIpc) is 2.47. The van der Waals surface area contributed by atoms with Crippen LogP contribution in [0.2, 0.25) is 5.02 Å². The summed E-state index contributed by atoms with van der Waals surface area (Å²) in [5, 5.41) is 14.4. The number of carbonyl (C=O) groups is 2. The normalized spacial score (nSPS) is 10.0. The van der Waals surface area contributed by atoms with E-state index in [1.54, 1.807) is 12.1 Å². The van der Waals surface area contributed by atoms with Gasteiger partial charge in [0.1, 0.15) is 0 Å². The Kier molecular flexibility index (Phi) is 5.31. The minimum absolute atomic E-state index is 0.00757. The molecule has 0 aliphatic carbocycles. The predicted octanol–water partition coefficient (Wildman–Crippen LogP) is 3.47. The first-order chi connectivity index (χ1) is 10.9. The molecule has 2 rings (SSSR count). The lowest BCUT2D eigenvalue weighted by Gasteiger charge is -2.10. The van der Waals surface area contributed by atoms with Crippen molar-refractivity contribution in [1.82, 2.24) is 5.32 Å². The van der Waals surface area contributed by atoms with Crippen molar-refractivity contribution in [3.05, 3.63) is 64.2 Å². The molecule has 0 saturated carbocycles. The van der Waals surface area contributed by atoms with Crippen LogP contribution in [0.3, 0.4) is 0 Å². The zero-order valence-corrected chi connectivity index (χ0v) is 13.7. The monoisotopic (exact) mass is 348 g/mol. The number of anilines is 1. The molecule has 0 fully saturated rings. The van der Waals surface area contributed by atoms with Crippen LogP contribution in [0, 0.1) is 6.92 Å². The predicted molar refractivity (Wildman–Crippen MR) is 93.3 cm³/mol. The van der Waals surface area contributed by atoms with Gasteiger partial charge in [-0.3, -0.25) is 10.1 Å². The molecular formula is C16H13ClN2O3S. The minimum atomic E-state index is -1.11. The van der Waals surface area contributed by atoms with Crippen molar-refractivity contribution in [2.24, 2.45) is 0 Å². The van der Waals surface area contributed by atoms with E-state index in [9.17, 15) is 9.59 Å². The molecule has 0 saturated heterocycles. The average molecular weight is 349 g/mol. The molecule has 3 N–H and O–H groups in total. The van der Waals surface area contributed by atoms with Gasteiger partial charge < -0.3 is 10.4 Å². The van der Waals surface area contributed by atoms with Gasteiger partial charge in [0.05, 0.1) is 10.6 Å². The van der Waals surface area contributed by atoms with Crippen molar-refractivity contribution in [3.63, 3.8) is 0 Å². The lowest BCUT2D eigenvalue weighted by Crippen LogP contribution is -2.34. The van der Waals surface area contributed by atoms with Crippen LogP contribution < -0.4 is 10.6 Å². The number of thiocarbonyl (C=S) groups is 1. The summed E-state index contributed by atoms with van der Waals surface area (Å²) < 4.78 is 0. The lowest BCUT2D eigenvalue weighted by atomic mass is 10.1. The maximum atomic E-state index is 12.0. The molecule has 0 heterocycles. The molecule has 0 aliphatic heterocycles. The number of carbonyl (C=O) groups excluding carboxylic acids is 1. The van der Waals surface area contributed by atoms with Crippen LogP contribution in [-0.4, -0.2) is 22.1 Å². The Morgan fingerprint density at radius 2 is 1.78 bits per heavy atom. The van der Waals surface area contributed by atoms with Crippen molar-refractivity contribution < 1.29 is 14.7 Å². The SMILES string of the molecule is Cc1ccc(C(=O)NC(=S)Nc2ccc(C(=O)O)c(Cl)c2)cc1. The van der Waals surface area contributed by atoms with Crippen LogP contribution in [0.25, 0.3) is 0 Å². The van der Waals surface area contributed by atoms with E-state index in [1.165, 1.54) is 18.2 Å². The Morgan fingerprint density at radius 1 is 1.13 bits per heavy atom. The summed E-state index contributed by atoms with van der Waals surface area (Å²) in [7, 11) is 0. The molecule has 0 aromatic heterocycles. The second-order valence-corrected chi connectivity index (χ2v) is 5.59. The molecule has 0 unspecified atom stereocenters. The number of benzene rings is 2. The van der Waals surface area contributed by atoms with E-state index in [-0.39, 0.29) is 21.6 Å². The Labute approximate surface area is 143 Å². The fourth-order valence-corrected chi connectivity index (χ4v) is 2.28. The summed E-state index contributed by atoms with van der Waals surface area (Å²) in [6, 6.07) is 11.4. The number of aromatic carboxylic acids is 1. The van der Waals surface area contributed by atoms with Crippen molar-refractivity contribution >= 4 is 46.5 Å². The number of aryl methyl sites for hydroxylation is 1. The van der Waals surface area contributed by atoms with Gasteiger partial charge in [-0.1, -0.05) is 29.3 Å². The van der Waals surface area contributed by atoms with Crippen molar-refractivity contribution in [1.29, 1.82) is 0 Å². The van der Waals surface area contributed by atoms with Crippen LogP contribution in [0.1, 0.15) is 26.3 Å². The van der Waals surface area contributed by atoms with Crippen molar-refractivity contribution in [2.75, 3.05) is 5.32 Å². The first kappa shape index (κ1) is 16.9. The van der Waals surface area contributed by atoms with E-state index < -0.39 is 5.97 Å². The number of halogens is 1. The van der Waals surface area contributed by atoms with Gasteiger partial charge in [-0.2, -0.15) is 0 Å². The van der Waals surface area contributed by atoms with Gasteiger partial charge in [0.25, 0.3) is 5.91 Å². The fourth-order valence-electron chi connectivity index (χ4n) is 1.81. The summed E-state index contributed by atoms with van der Waals surface area (Å²) >= 11 is 10.9. The number of hydrogen-bond acceptors (Lipinski definition) is 3. The number of carboxylic acids is 1. The molecule has 0 spiro atoms. The molecule has 2 aromatic carbocycles. The number of nitrogens with one attached hydrogen (secondary N) is 2. The number of amides is 1. The topological polar surface area (TPSA) is 78.4 Å². The van der Waals surface area contributed by atoms with Crippen molar-refractivity contribution in [3.8, 4) is 0 Å². The minimum Gasteiger partial charge on any atom is -0.478 e. The van der Waals surface area contributed by atoms with Gasteiger partial charge in [-0.05, 0) is 49.5 Å². The smallest absolute Gasteiger partial charge is 0.337 e. The first-order valence-electron chi connectivity index (χ1n) is 6.58. The second kappa shape index (κ2) is 7.21. The molecule has 118 valence electrons. The largest absolute Gasteiger partial charge is 0.478 e. The summed E-state index contributed by atoms with van der Waals surface area (Å²) in [4.78, 5) is 22.9. The summed E-state index contributed by atoms with van der Waals surface area (Å²) in [5.74, 6) is -1.45. The molecule has 2 aromatic rings. The fraction of sp³-hybridized carbons (Fsp3) is 0.0625. The van der Waals surface area contributed by atoms with Gasteiger partial charge in [-0.25, -0.2) is 4.79 Å². The molecular weight excluding hydrogens is 336 g/mol. The third-order valence-corrected chi connectivity index (χ3v) is 3.52. The third-order valence-electron chi connectivity index (χ3n) is 3.00. The number of carboxylic acid groups (broad SMARTS) is 1. The quantitative estimate of drug-likeness (QED) is 0.740. The summed E-state index contributed by atoms with van der Waals surface area (Å²) in [5.41, 5.74) is 2.01. The van der Waals surface area contributed by atoms with Crippen LogP contribution in [0.4, 0.5) is 5.69 Å². The molecule has 0 radical (unpaired) electrons. The van der Waals surface area contributed by atoms with E-state index in [0.717, 1.165) is 5.56 Å². The van der Waals surface area contributed by atoms with Crippen LogP contribution in [0.15, 0.2) is 42.5 Å². The maximum absolute atomic E-state index is 12.0. The van der Waals surface area contributed by atoms with Gasteiger partial charge in [-0.15, -0.1) is 0 Å². The van der Waals surface area contributed by atoms with E-state index in [2.05, 4.69) is 10.6 Å². The van der Waals surface area contributed by atoms with Gasteiger partial charge >= 0.3 is 5.97 Å². The van der Waals surface area contributed by atoms with E-state index in [1.807, 2.05) is 19.1 Å². The summed E-state index contributed by atoms with van der Waals surface area (Å²) in [6.45, 7) is 1.93. The first-order valence-corrected chi connectivity index (χ1v) is 7.37. The molecule has 0 atom stereocenters. The Bertz CT molecular complexity index is 775. The lowest BCUT2D eigenvalue weighted by molar-refractivity contribution is 0.0697. The van der Waals surface area contributed by atoms with Gasteiger partial charge in [0.15, 0.2) is 5.11 Å². The molecule has 0 bridgehead atoms. The van der Waals surface area contributed by atoms with E-state index in [4.69, 9.17) is 28.9 Å². The Morgan fingerprint density at radius 3 is 2.35 bits per heavy atom. The van der Waals surface area contributed by atoms with Crippen LogP contribution >= 0.6 is 23.8 Å². The Balaban J connectivity index is 2.02. The highest BCUT2D eigenvalue weighted by Gasteiger charge is 2.11. The highest BCUT2D eigenvalue weighted by molar-refractivity contribution is 7.80. The maximum Gasteiger partial charge on any atom is 0.337 e. The zero-order chi connectivity index (χ0) is 17.0. The van der Waals surface area contributed by atoms with Crippen LogP contribution in [0.5, 0.6) is 0 Å². The van der Waals surface area contributed by atoms with Gasteiger partial charge in [0, 0.05) is 11.3 Å². The molecule has 1 amide bonds. The highest BCUT2D eigenvalue weighted by Crippen LogP contribution is 2.21. The van der Waals surface area contributed by atoms with E-state index in [0.29, 0.717) is 11.3 Å².